The Balaban J connectivity index is 1.77. The Morgan fingerprint density at radius 1 is 1.47 bits per heavy atom. The first-order valence-corrected chi connectivity index (χ1v) is 6.32. The fourth-order valence-electron chi connectivity index (χ4n) is 2.61. The number of nitrogens with zero attached hydrogens (tertiary/aromatic N) is 1. The molecule has 1 saturated heterocycles. The zero-order chi connectivity index (χ0) is 10.7. The van der Waals surface area contributed by atoms with Gasteiger partial charge in [0.25, 0.3) is 0 Å². The number of hydrogen-bond donors (Lipinski definition) is 1. The lowest BCUT2D eigenvalue weighted by Gasteiger charge is -2.34. The minimum atomic E-state index is 0.470. The molecule has 2 N–H and O–H groups in total. The quantitative estimate of drug-likeness (QED) is 0.745. The monoisotopic (exact) mass is 212 g/mol. The van der Waals surface area contributed by atoms with Crippen molar-refractivity contribution >= 4 is 0 Å². The smallest absolute Gasteiger partial charge is 0.0702 e. The van der Waals surface area contributed by atoms with E-state index >= 15 is 0 Å². The lowest BCUT2D eigenvalue weighted by molar-refractivity contribution is 0.000877. The maximum absolute atomic E-state index is 5.82. The summed E-state index contributed by atoms with van der Waals surface area (Å²) in [7, 11) is 0. The molecule has 1 unspecified atom stereocenters. The van der Waals surface area contributed by atoms with Gasteiger partial charge < -0.3 is 15.4 Å². The molecule has 0 aromatic rings. The van der Waals surface area contributed by atoms with Crippen molar-refractivity contribution in [3.63, 3.8) is 0 Å². The van der Waals surface area contributed by atoms with E-state index < -0.39 is 0 Å². The molecule has 3 nitrogen and oxygen atoms in total. The maximum Gasteiger partial charge on any atom is 0.0702 e. The first-order chi connectivity index (χ1) is 7.28. The second-order valence-electron chi connectivity index (χ2n) is 5.16. The SMILES string of the molecule is CCOC1CCCN(CC2(CN)CC2)C1. The van der Waals surface area contributed by atoms with Gasteiger partial charge in [-0.25, -0.2) is 0 Å². The van der Waals surface area contributed by atoms with E-state index in [0.717, 1.165) is 19.7 Å². The van der Waals surface area contributed by atoms with Crippen molar-refractivity contribution < 1.29 is 4.74 Å². The van der Waals surface area contributed by atoms with Crippen LogP contribution in [-0.4, -0.2) is 43.8 Å². The van der Waals surface area contributed by atoms with E-state index in [9.17, 15) is 0 Å². The van der Waals surface area contributed by atoms with Crippen LogP contribution in [-0.2, 0) is 4.74 Å². The van der Waals surface area contributed by atoms with Gasteiger partial charge >= 0.3 is 0 Å². The summed E-state index contributed by atoms with van der Waals surface area (Å²) in [6.45, 7) is 7.36. The molecule has 0 radical (unpaired) electrons. The summed E-state index contributed by atoms with van der Waals surface area (Å²) in [5.41, 5.74) is 6.30. The van der Waals surface area contributed by atoms with Crippen LogP contribution in [0.25, 0.3) is 0 Å². The lowest BCUT2D eigenvalue weighted by Crippen LogP contribution is -2.43. The Hall–Kier alpha value is -0.120. The average Bonchev–Trinajstić information content (AvgIpc) is 3.00. The van der Waals surface area contributed by atoms with Gasteiger partial charge in [-0.15, -0.1) is 0 Å². The molecular weight excluding hydrogens is 188 g/mol. The predicted octanol–water partition coefficient (Wildman–Crippen LogP) is 1.23. The van der Waals surface area contributed by atoms with E-state index in [-0.39, 0.29) is 0 Å². The molecule has 1 saturated carbocycles. The second kappa shape index (κ2) is 4.81. The van der Waals surface area contributed by atoms with E-state index in [1.165, 1.54) is 38.8 Å². The molecule has 0 spiro atoms. The summed E-state index contributed by atoms with van der Waals surface area (Å²) in [4.78, 5) is 2.56. The van der Waals surface area contributed by atoms with Gasteiger partial charge in [-0.05, 0) is 51.1 Å². The van der Waals surface area contributed by atoms with Gasteiger partial charge in [-0.1, -0.05) is 0 Å². The number of likely N-dealkylation sites (tertiary alicyclic amines) is 1. The fourth-order valence-corrected chi connectivity index (χ4v) is 2.61. The van der Waals surface area contributed by atoms with Crippen molar-refractivity contribution in [1.82, 2.24) is 4.90 Å². The third-order valence-corrected chi connectivity index (χ3v) is 3.81. The summed E-state index contributed by atoms with van der Waals surface area (Å²) in [5, 5.41) is 0. The molecule has 0 amide bonds. The molecule has 1 aliphatic carbocycles. The van der Waals surface area contributed by atoms with Crippen molar-refractivity contribution in [2.75, 3.05) is 32.8 Å². The highest BCUT2D eigenvalue weighted by Crippen LogP contribution is 2.45. The van der Waals surface area contributed by atoms with Crippen LogP contribution in [0.3, 0.4) is 0 Å². The van der Waals surface area contributed by atoms with E-state index in [0.29, 0.717) is 11.5 Å². The van der Waals surface area contributed by atoms with Crippen LogP contribution in [0.5, 0.6) is 0 Å². The maximum atomic E-state index is 5.82. The largest absolute Gasteiger partial charge is 0.377 e. The molecule has 0 aromatic carbocycles. The van der Waals surface area contributed by atoms with Gasteiger partial charge in [-0.3, -0.25) is 0 Å². The zero-order valence-electron chi connectivity index (χ0n) is 9.87. The van der Waals surface area contributed by atoms with E-state index in [1.807, 2.05) is 0 Å². The van der Waals surface area contributed by atoms with Crippen LogP contribution in [0.15, 0.2) is 0 Å². The van der Waals surface area contributed by atoms with Gasteiger partial charge in [-0.2, -0.15) is 0 Å². The molecule has 1 aliphatic heterocycles. The summed E-state index contributed by atoms with van der Waals surface area (Å²) >= 11 is 0. The fraction of sp³-hybridized carbons (Fsp3) is 1.00. The molecule has 88 valence electrons. The Morgan fingerprint density at radius 3 is 2.87 bits per heavy atom. The van der Waals surface area contributed by atoms with Gasteiger partial charge in [0.05, 0.1) is 6.10 Å². The molecule has 3 heteroatoms. The van der Waals surface area contributed by atoms with Gasteiger partial charge in [0.2, 0.25) is 0 Å². The van der Waals surface area contributed by atoms with E-state index in [2.05, 4.69) is 11.8 Å². The summed E-state index contributed by atoms with van der Waals surface area (Å²) < 4.78 is 5.71. The van der Waals surface area contributed by atoms with Gasteiger partial charge in [0.15, 0.2) is 0 Å². The van der Waals surface area contributed by atoms with Crippen LogP contribution in [0, 0.1) is 5.41 Å². The summed E-state index contributed by atoms with van der Waals surface area (Å²) in [5.74, 6) is 0. The van der Waals surface area contributed by atoms with Crippen molar-refractivity contribution in [3.05, 3.63) is 0 Å². The first-order valence-electron chi connectivity index (χ1n) is 6.32. The Kier molecular flexibility index (Phi) is 3.65. The number of nitrogens with two attached hydrogens (primary N) is 1. The highest BCUT2D eigenvalue weighted by atomic mass is 16.5. The number of piperidine rings is 1. The number of hydrogen-bond acceptors (Lipinski definition) is 3. The molecule has 1 atom stereocenters. The normalized spacial score (nSPS) is 30.4. The molecule has 2 aliphatic rings. The number of rotatable bonds is 5. The molecule has 15 heavy (non-hydrogen) atoms. The Labute approximate surface area is 93.0 Å². The third kappa shape index (κ3) is 2.92. The van der Waals surface area contributed by atoms with Gasteiger partial charge in [0.1, 0.15) is 0 Å². The van der Waals surface area contributed by atoms with Crippen molar-refractivity contribution in [3.8, 4) is 0 Å². The minimum absolute atomic E-state index is 0.470. The van der Waals surface area contributed by atoms with Crippen molar-refractivity contribution in [2.45, 2.75) is 38.7 Å². The first kappa shape index (κ1) is 11.4. The number of ether oxygens (including phenoxy) is 1. The average molecular weight is 212 g/mol. The summed E-state index contributed by atoms with van der Waals surface area (Å²) in [6, 6.07) is 0. The summed E-state index contributed by atoms with van der Waals surface area (Å²) in [6.07, 6.45) is 5.65. The van der Waals surface area contributed by atoms with Crippen molar-refractivity contribution in [2.24, 2.45) is 11.1 Å². The third-order valence-electron chi connectivity index (χ3n) is 3.81. The van der Waals surface area contributed by atoms with Crippen LogP contribution >= 0.6 is 0 Å². The lowest BCUT2D eigenvalue weighted by atomic mass is 10.0. The molecule has 2 fully saturated rings. The highest BCUT2D eigenvalue weighted by molar-refractivity contribution is 4.97. The molecule has 1 heterocycles. The van der Waals surface area contributed by atoms with E-state index in [1.54, 1.807) is 0 Å². The molecular formula is C12H24N2O. The standard InChI is InChI=1S/C12H24N2O/c1-2-15-11-4-3-7-14(8-11)10-12(9-13)5-6-12/h11H,2-10,13H2,1H3. The molecule has 2 rings (SSSR count). The molecule has 0 bridgehead atoms. The van der Waals surface area contributed by atoms with Gasteiger partial charge in [0, 0.05) is 19.7 Å². The minimum Gasteiger partial charge on any atom is -0.377 e. The van der Waals surface area contributed by atoms with Crippen LogP contribution in [0.4, 0.5) is 0 Å². The zero-order valence-corrected chi connectivity index (χ0v) is 9.87. The van der Waals surface area contributed by atoms with Crippen LogP contribution < -0.4 is 5.73 Å². The topological polar surface area (TPSA) is 38.5 Å². The molecule has 0 aromatic heterocycles. The Bertz CT molecular complexity index is 202. The Morgan fingerprint density at radius 2 is 2.27 bits per heavy atom. The second-order valence-corrected chi connectivity index (χ2v) is 5.16. The van der Waals surface area contributed by atoms with Crippen LogP contribution in [0.2, 0.25) is 0 Å². The predicted molar refractivity (Wildman–Crippen MR) is 61.8 cm³/mol. The van der Waals surface area contributed by atoms with Crippen molar-refractivity contribution in [1.29, 1.82) is 0 Å². The highest BCUT2D eigenvalue weighted by Gasteiger charge is 2.42. The van der Waals surface area contributed by atoms with E-state index in [4.69, 9.17) is 10.5 Å². The van der Waals surface area contributed by atoms with Crippen LogP contribution in [0.1, 0.15) is 32.6 Å².